The molecule has 44 heavy (non-hydrogen) atoms. The molecule has 1 atom stereocenters. The fourth-order valence-electron chi connectivity index (χ4n) is 6.04. The summed E-state index contributed by atoms with van der Waals surface area (Å²) in [4.78, 5) is 42.3. The Kier molecular flexibility index (Phi) is 8.52. The van der Waals surface area contributed by atoms with Gasteiger partial charge in [0.05, 0.1) is 41.3 Å². The van der Waals surface area contributed by atoms with Crippen LogP contribution >= 0.6 is 11.6 Å². The Hall–Kier alpha value is -4.82. The van der Waals surface area contributed by atoms with E-state index in [9.17, 15) is 14.4 Å². The van der Waals surface area contributed by atoms with E-state index in [0.29, 0.717) is 21.8 Å². The maximum Gasteiger partial charge on any atom is 0.337 e. The number of aromatic nitrogens is 3. The van der Waals surface area contributed by atoms with E-state index in [1.165, 1.54) is 16.9 Å². The largest absolute Gasteiger partial charge is 0.478 e. The third-order valence-corrected chi connectivity index (χ3v) is 8.58. The van der Waals surface area contributed by atoms with Crippen molar-refractivity contribution in [3.63, 3.8) is 0 Å². The first-order valence-electron chi connectivity index (χ1n) is 14.7. The molecule has 1 unspecified atom stereocenters. The number of rotatable bonds is 9. The maximum atomic E-state index is 13.5. The van der Waals surface area contributed by atoms with E-state index < -0.39 is 5.97 Å². The summed E-state index contributed by atoms with van der Waals surface area (Å²) in [6, 6.07) is 25.9. The van der Waals surface area contributed by atoms with Gasteiger partial charge in [-0.15, -0.1) is 0 Å². The smallest absolute Gasteiger partial charge is 0.337 e. The summed E-state index contributed by atoms with van der Waals surface area (Å²) in [5, 5.41) is 18.9. The van der Waals surface area contributed by atoms with Gasteiger partial charge in [0, 0.05) is 22.2 Å². The lowest BCUT2D eigenvalue weighted by molar-refractivity contribution is -0.123. The summed E-state index contributed by atoms with van der Waals surface area (Å²) in [5.41, 5.74) is 3.92. The number of aromatic carboxylic acids is 1. The summed E-state index contributed by atoms with van der Waals surface area (Å²) in [7, 11) is 0. The second kappa shape index (κ2) is 12.8. The van der Waals surface area contributed by atoms with Crippen molar-refractivity contribution in [1.29, 1.82) is 0 Å². The summed E-state index contributed by atoms with van der Waals surface area (Å²) < 4.78 is 1.49. The van der Waals surface area contributed by atoms with E-state index in [-0.39, 0.29) is 42.0 Å². The first kappa shape index (κ1) is 29.3. The number of carbonyl (C=O) groups is 2. The predicted octanol–water partition coefficient (Wildman–Crippen LogP) is 6.45. The standard InChI is InChI=1S/C35H31ClN4O4/c36-27-16-13-25(14-17-27)32-29-7-3-4-8-30(29)34(42)40(39-32)21-22-9-11-24(12-10-22)31(23-5-1-2-6-23)33(41)38-20-28-18-15-26(19-37-28)35(43)44/h3-4,7-19,23,31H,1-2,5-6,20-21H2,(H,38,41)(H,43,44). The molecular weight excluding hydrogens is 576 g/mol. The fraction of sp³-hybridized carbons (Fsp3) is 0.229. The van der Waals surface area contributed by atoms with Gasteiger partial charge in [0.2, 0.25) is 5.91 Å². The van der Waals surface area contributed by atoms with Gasteiger partial charge in [0.1, 0.15) is 0 Å². The molecule has 2 aromatic heterocycles. The lowest BCUT2D eigenvalue weighted by Gasteiger charge is -2.23. The average Bonchev–Trinajstić information content (AvgIpc) is 3.57. The molecule has 3 aromatic carbocycles. The van der Waals surface area contributed by atoms with Gasteiger partial charge in [-0.1, -0.05) is 79.0 Å². The van der Waals surface area contributed by atoms with Crippen LogP contribution in [0.3, 0.4) is 0 Å². The normalized spacial score (nSPS) is 14.0. The van der Waals surface area contributed by atoms with Gasteiger partial charge in [0.25, 0.3) is 5.56 Å². The molecule has 1 aliphatic rings. The van der Waals surface area contributed by atoms with Gasteiger partial charge in [-0.05, 0) is 60.2 Å². The van der Waals surface area contributed by atoms with E-state index in [0.717, 1.165) is 47.8 Å². The van der Waals surface area contributed by atoms with Crippen LogP contribution in [0, 0.1) is 5.92 Å². The molecule has 1 aliphatic carbocycles. The Morgan fingerprint density at radius 1 is 0.932 bits per heavy atom. The van der Waals surface area contributed by atoms with Crippen LogP contribution in [0.25, 0.3) is 22.0 Å². The summed E-state index contributed by atoms with van der Waals surface area (Å²) in [6.45, 7) is 0.495. The number of carboxylic acid groups (broad SMARTS) is 1. The van der Waals surface area contributed by atoms with Crippen molar-refractivity contribution in [2.75, 3.05) is 0 Å². The monoisotopic (exact) mass is 606 g/mol. The van der Waals surface area contributed by atoms with Gasteiger partial charge in [-0.3, -0.25) is 14.6 Å². The number of pyridine rings is 1. The summed E-state index contributed by atoms with van der Waals surface area (Å²) in [6.07, 6.45) is 5.45. The zero-order valence-electron chi connectivity index (χ0n) is 23.9. The highest BCUT2D eigenvalue weighted by Gasteiger charge is 2.32. The second-order valence-corrected chi connectivity index (χ2v) is 11.6. The Balaban J connectivity index is 1.24. The van der Waals surface area contributed by atoms with Crippen molar-refractivity contribution in [1.82, 2.24) is 20.1 Å². The molecule has 0 aliphatic heterocycles. The first-order chi connectivity index (χ1) is 21.4. The number of carboxylic acids is 1. The van der Waals surface area contributed by atoms with Gasteiger partial charge in [-0.2, -0.15) is 5.10 Å². The second-order valence-electron chi connectivity index (χ2n) is 11.2. The molecule has 222 valence electrons. The van der Waals surface area contributed by atoms with Gasteiger partial charge < -0.3 is 10.4 Å². The van der Waals surface area contributed by atoms with Crippen LogP contribution in [0.1, 0.15) is 58.8 Å². The zero-order chi connectivity index (χ0) is 30.6. The fourth-order valence-corrected chi connectivity index (χ4v) is 6.16. The highest BCUT2D eigenvalue weighted by molar-refractivity contribution is 6.30. The number of hydrogen-bond acceptors (Lipinski definition) is 5. The van der Waals surface area contributed by atoms with Crippen molar-refractivity contribution < 1.29 is 14.7 Å². The molecule has 1 fully saturated rings. The molecule has 1 amide bonds. The van der Waals surface area contributed by atoms with Crippen LogP contribution < -0.4 is 10.9 Å². The van der Waals surface area contributed by atoms with Gasteiger partial charge >= 0.3 is 5.97 Å². The number of benzene rings is 3. The molecule has 0 saturated heterocycles. The quantitative estimate of drug-likeness (QED) is 0.199. The predicted molar refractivity (Wildman–Crippen MR) is 170 cm³/mol. The van der Waals surface area contributed by atoms with Crippen LogP contribution in [0.15, 0.2) is 95.9 Å². The van der Waals surface area contributed by atoms with Crippen molar-refractivity contribution in [3.05, 3.63) is 129 Å². The molecule has 2 heterocycles. The molecule has 2 N–H and O–H groups in total. The van der Waals surface area contributed by atoms with E-state index in [2.05, 4.69) is 10.3 Å². The van der Waals surface area contributed by atoms with Gasteiger partial charge in [0.15, 0.2) is 0 Å². The van der Waals surface area contributed by atoms with Crippen LogP contribution in [0.5, 0.6) is 0 Å². The minimum absolute atomic E-state index is 0.0752. The number of hydrogen-bond donors (Lipinski definition) is 2. The minimum atomic E-state index is -1.04. The molecular formula is C35H31ClN4O4. The molecule has 0 bridgehead atoms. The average molecular weight is 607 g/mol. The zero-order valence-corrected chi connectivity index (χ0v) is 24.7. The molecule has 1 saturated carbocycles. The molecule has 0 radical (unpaired) electrons. The Bertz CT molecular complexity index is 1860. The molecule has 8 nitrogen and oxygen atoms in total. The van der Waals surface area contributed by atoms with Crippen molar-refractivity contribution in [2.24, 2.45) is 5.92 Å². The van der Waals surface area contributed by atoms with E-state index in [4.69, 9.17) is 21.8 Å². The van der Waals surface area contributed by atoms with E-state index in [1.807, 2.05) is 72.8 Å². The first-order valence-corrected chi connectivity index (χ1v) is 15.1. The summed E-state index contributed by atoms with van der Waals surface area (Å²) >= 11 is 6.12. The highest BCUT2D eigenvalue weighted by atomic mass is 35.5. The number of fused-ring (bicyclic) bond motifs is 1. The Labute approximate surface area is 259 Å². The Morgan fingerprint density at radius 2 is 1.64 bits per heavy atom. The van der Waals surface area contributed by atoms with Crippen molar-refractivity contribution in [3.8, 4) is 11.3 Å². The number of nitrogens with one attached hydrogen (secondary N) is 1. The van der Waals surface area contributed by atoms with Crippen LogP contribution in [0.4, 0.5) is 0 Å². The lowest BCUT2D eigenvalue weighted by Crippen LogP contribution is -2.32. The molecule has 0 spiro atoms. The van der Waals surface area contributed by atoms with Crippen molar-refractivity contribution in [2.45, 2.75) is 44.7 Å². The number of nitrogens with zero attached hydrogens (tertiary/aromatic N) is 3. The SMILES string of the molecule is O=C(O)c1ccc(CNC(=O)C(c2ccc(Cn3nc(-c4ccc(Cl)cc4)c4ccccc4c3=O)cc2)C2CCCC2)nc1. The number of amides is 1. The third-order valence-electron chi connectivity index (χ3n) is 8.33. The number of halogens is 1. The van der Waals surface area contributed by atoms with Crippen LogP contribution in [-0.4, -0.2) is 31.7 Å². The van der Waals surface area contributed by atoms with Crippen molar-refractivity contribution >= 4 is 34.2 Å². The van der Waals surface area contributed by atoms with Gasteiger partial charge in [-0.25, -0.2) is 9.48 Å². The molecule has 9 heteroatoms. The molecule has 5 aromatic rings. The third kappa shape index (κ3) is 6.26. The highest BCUT2D eigenvalue weighted by Crippen LogP contribution is 2.38. The number of carbonyl (C=O) groups excluding carboxylic acids is 1. The Morgan fingerprint density at radius 3 is 2.30 bits per heavy atom. The summed E-state index contributed by atoms with van der Waals surface area (Å²) in [5.74, 6) is -1.20. The van der Waals surface area contributed by atoms with Crippen LogP contribution in [-0.2, 0) is 17.9 Å². The van der Waals surface area contributed by atoms with E-state index in [1.54, 1.807) is 6.07 Å². The minimum Gasteiger partial charge on any atom is -0.478 e. The topological polar surface area (TPSA) is 114 Å². The lowest BCUT2D eigenvalue weighted by atomic mass is 9.83. The van der Waals surface area contributed by atoms with Crippen LogP contribution in [0.2, 0.25) is 5.02 Å². The maximum absolute atomic E-state index is 13.5. The van der Waals surface area contributed by atoms with E-state index >= 15 is 0 Å². The molecule has 6 rings (SSSR count).